The lowest BCUT2D eigenvalue weighted by molar-refractivity contribution is -0.210. The minimum atomic E-state index is -1.53. The number of hydrogen-bond donors (Lipinski definition) is 0. The molecule has 0 aromatic heterocycles. The summed E-state index contributed by atoms with van der Waals surface area (Å²) in [6.07, 6.45) is 0. The van der Waals surface area contributed by atoms with Crippen LogP contribution in [-0.4, -0.2) is 83.2 Å². The predicted octanol–water partition coefficient (Wildman–Crippen LogP) is -0.699. The van der Waals surface area contributed by atoms with Gasteiger partial charge in [0.1, 0.15) is 0 Å². The van der Waals surface area contributed by atoms with Gasteiger partial charge in [0, 0.05) is 28.2 Å². The molecule has 0 unspecified atom stereocenters. The molecule has 0 bridgehead atoms. The number of imide groups is 2. The maximum Gasteiger partial charge on any atom is 0.327 e. The van der Waals surface area contributed by atoms with Crippen molar-refractivity contribution < 1.29 is 19.2 Å². The number of amides is 6. The molecule has 23 heavy (non-hydrogen) atoms. The highest BCUT2D eigenvalue weighted by molar-refractivity contribution is 6.10. The lowest BCUT2D eigenvalue weighted by atomic mass is 9.43. The number of likely N-dealkylation sites (N-methyl/N-ethyl adjacent to an activating group) is 2. The fraction of sp³-hybridized carbons (Fsp3) is 0.643. The van der Waals surface area contributed by atoms with Gasteiger partial charge in [0.05, 0.1) is 23.4 Å². The van der Waals surface area contributed by atoms with Crippen molar-refractivity contribution in [3.63, 3.8) is 0 Å². The van der Waals surface area contributed by atoms with Crippen molar-refractivity contribution >= 4 is 23.9 Å². The van der Waals surface area contributed by atoms with Crippen LogP contribution in [0.2, 0.25) is 0 Å². The Kier molecular flexibility index (Phi) is 2.66. The zero-order chi connectivity index (χ0) is 17.5. The lowest BCUT2D eigenvalue weighted by Gasteiger charge is -2.70. The van der Waals surface area contributed by atoms with Gasteiger partial charge < -0.3 is 9.80 Å². The van der Waals surface area contributed by atoms with E-state index >= 15 is 0 Å². The number of carbonyl (C=O) groups excluding carboxylic acids is 4. The van der Waals surface area contributed by atoms with Crippen molar-refractivity contribution in [3.8, 4) is 6.07 Å². The zero-order valence-electron chi connectivity index (χ0n) is 13.5. The van der Waals surface area contributed by atoms with Crippen LogP contribution in [-0.2, 0) is 9.59 Å². The first-order valence-corrected chi connectivity index (χ1v) is 7.10. The van der Waals surface area contributed by atoms with E-state index in [1.807, 2.05) is 0 Å². The molecule has 9 nitrogen and oxygen atoms in total. The Bertz CT molecular complexity index is 714. The number of carbonyl (C=O) groups is 4. The van der Waals surface area contributed by atoms with E-state index in [-0.39, 0.29) is 0 Å². The Morgan fingerprint density at radius 1 is 1.00 bits per heavy atom. The highest BCUT2D eigenvalue weighted by Crippen LogP contribution is 2.62. The van der Waals surface area contributed by atoms with Crippen LogP contribution in [0, 0.1) is 22.7 Å². The molecule has 0 aromatic rings. The topological polar surface area (TPSA) is 105 Å². The summed E-state index contributed by atoms with van der Waals surface area (Å²) in [5, 5.41) is 9.80. The summed E-state index contributed by atoms with van der Waals surface area (Å²) >= 11 is 0. The van der Waals surface area contributed by atoms with E-state index < -0.39 is 46.8 Å². The van der Waals surface area contributed by atoms with E-state index in [1.165, 1.54) is 38.0 Å². The average Bonchev–Trinajstić information content (AvgIpc) is 2.52. The molecule has 1 aliphatic carbocycles. The first kappa shape index (κ1) is 15.3. The average molecular weight is 319 g/mol. The number of hydrogen-bond acceptors (Lipinski definition) is 5. The van der Waals surface area contributed by atoms with E-state index in [4.69, 9.17) is 0 Å². The molecule has 0 spiro atoms. The first-order valence-electron chi connectivity index (χ1n) is 7.10. The standard InChI is InChI=1S/C14H17N5O4/c1-13-7-8(20)16(2)12(23)19(5)14(7,6-15)9(13)17(3)11(22)18(4)10(13)21/h7,9H,1-5H3/t7-,9-,13-,14-/m1/s1. The van der Waals surface area contributed by atoms with Gasteiger partial charge in [-0.2, -0.15) is 5.26 Å². The number of rotatable bonds is 0. The molecule has 3 rings (SSSR count). The smallest absolute Gasteiger partial charge is 0.320 e. The van der Waals surface area contributed by atoms with Crippen LogP contribution in [0.1, 0.15) is 6.92 Å². The first-order chi connectivity index (χ1) is 10.6. The Hall–Kier alpha value is -2.63. The van der Waals surface area contributed by atoms with E-state index in [0.29, 0.717) is 0 Å². The van der Waals surface area contributed by atoms with E-state index in [0.717, 1.165) is 9.80 Å². The summed E-state index contributed by atoms with van der Waals surface area (Å²) < 4.78 is 0. The second-order valence-corrected chi connectivity index (χ2v) is 6.55. The third-order valence-corrected chi connectivity index (χ3v) is 5.65. The molecule has 3 fully saturated rings. The molecule has 1 saturated carbocycles. The SMILES string of the molecule is CN1C(=O)[C@@H]2[C@@]3(C)C(=O)N(C)C(=O)N(C)[C@H]3[C@]2(C#N)N(C)C1=O. The van der Waals surface area contributed by atoms with Crippen LogP contribution in [0.5, 0.6) is 0 Å². The molecule has 9 heteroatoms. The molecule has 2 aliphatic heterocycles. The van der Waals surface area contributed by atoms with Crippen molar-refractivity contribution in [3.05, 3.63) is 0 Å². The Morgan fingerprint density at radius 2 is 1.57 bits per heavy atom. The predicted molar refractivity (Wildman–Crippen MR) is 75.6 cm³/mol. The highest BCUT2D eigenvalue weighted by Gasteiger charge is 2.83. The molecule has 0 aromatic carbocycles. The molecule has 0 N–H and O–H groups in total. The summed E-state index contributed by atoms with van der Waals surface area (Å²) in [4.78, 5) is 54.3. The van der Waals surface area contributed by atoms with Gasteiger partial charge in [-0.05, 0) is 6.92 Å². The summed E-state index contributed by atoms with van der Waals surface area (Å²) in [6.45, 7) is 1.58. The van der Waals surface area contributed by atoms with Crippen molar-refractivity contribution in [2.45, 2.75) is 18.5 Å². The monoisotopic (exact) mass is 319 g/mol. The fourth-order valence-electron chi connectivity index (χ4n) is 4.56. The number of nitriles is 1. The van der Waals surface area contributed by atoms with Gasteiger partial charge in [0.25, 0.3) is 0 Å². The van der Waals surface area contributed by atoms with Crippen molar-refractivity contribution in [2.24, 2.45) is 11.3 Å². The molecular weight excluding hydrogens is 302 g/mol. The summed E-state index contributed by atoms with van der Waals surface area (Å²) in [7, 11) is 5.57. The zero-order valence-corrected chi connectivity index (χ0v) is 13.5. The largest absolute Gasteiger partial charge is 0.327 e. The van der Waals surface area contributed by atoms with Gasteiger partial charge in [0.15, 0.2) is 5.54 Å². The maximum absolute atomic E-state index is 12.7. The third-order valence-electron chi connectivity index (χ3n) is 5.65. The van der Waals surface area contributed by atoms with Gasteiger partial charge in [-0.3, -0.25) is 19.4 Å². The van der Waals surface area contributed by atoms with Crippen LogP contribution in [0.25, 0.3) is 0 Å². The van der Waals surface area contributed by atoms with E-state index in [2.05, 4.69) is 6.07 Å². The maximum atomic E-state index is 12.7. The molecule has 2 heterocycles. The fourth-order valence-corrected chi connectivity index (χ4v) is 4.56. The highest BCUT2D eigenvalue weighted by atomic mass is 16.2. The Labute approximate surface area is 133 Å². The summed E-state index contributed by atoms with van der Waals surface area (Å²) in [5.41, 5.74) is -2.77. The van der Waals surface area contributed by atoms with Crippen LogP contribution >= 0.6 is 0 Å². The second kappa shape index (κ2) is 4.01. The molecule has 2 saturated heterocycles. The Balaban J connectivity index is 2.25. The van der Waals surface area contributed by atoms with Crippen LogP contribution in [0.3, 0.4) is 0 Å². The molecule has 4 atom stereocenters. The summed E-state index contributed by atoms with van der Waals surface area (Å²) in [6, 6.07) is 0.00328. The van der Waals surface area contributed by atoms with Gasteiger partial charge in [-0.25, -0.2) is 9.59 Å². The number of urea groups is 2. The van der Waals surface area contributed by atoms with Crippen molar-refractivity contribution in [1.29, 1.82) is 5.26 Å². The van der Waals surface area contributed by atoms with E-state index in [1.54, 1.807) is 6.92 Å². The van der Waals surface area contributed by atoms with Crippen molar-refractivity contribution in [2.75, 3.05) is 28.2 Å². The minimum absolute atomic E-state index is 0.508. The number of nitrogens with zero attached hydrogens (tertiary/aromatic N) is 5. The van der Waals surface area contributed by atoms with Crippen molar-refractivity contribution in [1.82, 2.24) is 19.6 Å². The summed E-state index contributed by atoms with van der Waals surface area (Å²) in [5.74, 6) is -2.09. The second-order valence-electron chi connectivity index (χ2n) is 6.55. The molecular formula is C14H17N5O4. The van der Waals surface area contributed by atoms with Crippen LogP contribution in [0.4, 0.5) is 9.59 Å². The van der Waals surface area contributed by atoms with Crippen LogP contribution < -0.4 is 0 Å². The van der Waals surface area contributed by atoms with Crippen LogP contribution in [0.15, 0.2) is 0 Å². The Morgan fingerprint density at radius 3 is 2.09 bits per heavy atom. The molecule has 3 aliphatic rings. The minimum Gasteiger partial charge on any atom is -0.320 e. The van der Waals surface area contributed by atoms with E-state index in [9.17, 15) is 24.4 Å². The van der Waals surface area contributed by atoms with Gasteiger partial charge in [0.2, 0.25) is 11.8 Å². The van der Waals surface area contributed by atoms with Gasteiger partial charge in [-0.1, -0.05) is 0 Å². The van der Waals surface area contributed by atoms with Gasteiger partial charge in [-0.15, -0.1) is 0 Å². The number of fused-ring (bicyclic) bond motifs is 4. The quantitative estimate of drug-likeness (QED) is 0.587. The van der Waals surface area contributed by atoms with Gasteiger partial charge >= 0.3 is 12.1 Å². The molecule has 122 valence electrons. The lowest BCUT2D eigenvalue weighted by Crippen LogP contribution is -2.91. The molecule has 6 amide bonds. The molecule has 0 radical (unpaired) electrons. The third kappa shape index (κ3) is 1.25. The normalized spacial score (nSPS) is 39.8.